The van der Waals surface area contributed by atoms with Gasteiger partial charge in [-0.2, -0.15) is 0 Å². The lowest BCUT2D eigenvalue weighted by atomic mass is 9.89. The number of hydrogen-bond acceptors (Lipinski definition) is 6. The number of Topliss-reactive ketones (excluding diaryl/α,β-unsaturated/α-hetero) is 1. The smallest absolute Gasteiger partial charge is 0.335 e. The number of methoxy groups -OCH3 is 1. The highest BCUT2D eigenvalue weighted by molar-refractivity contribution is 7.93. The highest BCUT2D eigenvalue weighted by Crippen LogP contribution is 2.27. The van der Waals surface area contributed by atoms with Crippen molar-refractivity contribution in [3.63, 3.8) is 0 Å². The monoisotopic (exact) mass is 620 g/mol. The van der Waals surface area contributed by atoms with Crippen molar-refractivity contribution < 1.29 is 27.9 Å². The highest BCUT2D eigenvalue weighted by Gasteiger charge is 2.30. The van der Waals surface area contributed by atoms with Gasteiger partial charge in [-0.3, -0.25) is 14.0 Å². The summed E-state index contributed by atoms with van der Waals surface area (Å²) in [7, 11) is -2.10. The molecule has 0 radical (unpaired) electrons. The fraction of sp³-hybridized carbons (Fsp3) is 0.429. The Kier molecular flexibility index (Phi) is 12.0. The molecular weight excluding hydrogens is 576 g/mol. The Morgan fingerprint density at radius 3 is 2.39 bits per heavy atom. The quantitative estimate of drug-likeness (QED) is 0.258. The number of nitrogens with zero attached hydrogens (tertiary/aromatic N) is 2. The first-order valence-corrected chi connectivity index (χ1v) is 17.0. The third-order valence-electron chi connectivity index (χ3n) is 8.48. The van der Waals surface area contributed by atoms with Gasteiger partial charge < -0.3 is 9.84 Å². The summed E-state index contributed by atoms with van der Waals surface area (Å²) in [6.07, 6.45) is 14.7. The molecule has 0 unspecified atom stereocenters. The Hall–Kier alpha value is -3.69. The van der Waals surface area contributed by atoms with E-state index in [0.717, 1.165) is 50.1 Å². The molecule has 236 valence electrons. The average molecular weight is 621 g/mol. The second kappa shape index (κ2) is 15.9. The molecule has 1 fully saturated rings. The van der Waals surface area contributed by atoms with E-state index in [0.29, 0.717) is 36.7 Å². The fourth-order valence-corrected chi connectivity index (χ4v) is 7.57. The maximum absolute atomic E-state index is 13.8. The Morgan fingerprint density at radius 1 is 1.02 bits per heavy atom. The number of carboxylic acid groups (broad SMARTS) is 1. The van der Waals surface area contributed by atoms with Crippen LogP contribution in [0.1, 0.15) is 61.4 Å². The average Bonchev–Trinajstić information content (AvgIpc) is 3.28. The molecule has 2 aliphatic rings. The molecule has 1 aliphatic carbocycles. The van der Waals surface area contributed by atoms with Gasteiger partial charge in [0.2, 0.25) is 10.0 Å². The van der Waals surface area contributed by atoms with Gasteiger partial charge >= 0.3 is 5.97 Å². The summed E-state index contributed by atoms with van der Waals surface area (Å²) in [6.45, 7) is 3.90. The van der Waals surface area contributed by atoms with E-state index in [9.17, 15) is 23.1 Å². The standard InChI is InChI=1S/C35H44N2O6S/c1-27(36-22-20-29(21-23-36)24-33(38)11-7-10-28-12-18-34(43-2)19-13-28)25-37(32-16-14-31(15-17-32)35(39)40)44(41,42)26-30-8-5-3-4-6-9-30/h3-6,8,12-19,27,29H,7,9-11,20-26H2,1-2H3,(H,39,40)/t27-/m1/s1. The number of aromatic carboxylic acids is 1. The van der Waals surface area contributed by atoms with Crippen LogP contribution in [-0.4, -0.2) is 68.7 Å². The summed E-state index contributed by atoms with van der Waals surface area (Å²) in [4.78, 5) is 26.4. The first-order chi connectivity index (χ1) is 21.1. The number of benzene rings is 2. The van der Waals surface area contributed by atoms with E-state index in [1.54, 1.807) is 19.2 Å². The fourth-order valence-electron chi connectivity index (χ4n) is 5.85. The number of likely N-dealkylation sites (tertiary alicyclic amines) is 1. The largest absolute Gasteiger partial charge is 0.497 e. The second-order valence-corrected chi connectivity index (χ2v) is 13.6. The third-order valence-corrected chi connectivity index (χ3v) is 10.2. The molecule has 0 aromatic heterocycles. The molecule has 2 aromatic rings. The highest BCUT2D eigenvalue weighted by atomic mass is 32.2. The number of ketones is 1. The third kappa shape index (κ3) is 9.66. The van der Waals surface area contributed by atoms with Crippen LogP contribution in [0.25, 0.3) is 0 Å². The maximum atomic E-state index is 13.8. The van der Waals surface area contributed by atoms with E-state index in [1.807, 2.05) is 61.6 Å². The van der Waals surface area contributed by atoms with Crippen molar-refractivity contribution in [3.05, 3.63) is 95.6 Å². The van der Waals surface area contributed by atoms with Crippen molar-refractivity contribution in [2.75, 3.05) is 36.8 Å². The molecule has 9 heteroatoms. The van der Waals surface area contributed by atoms with Crippen molar-refractivity contribution in [3.8, 4) is 5.75 Å². The van der Waals surface area contributed by atoms with E-state index in [-0.39, 0.29) is 23.9 Å². The number of sulfonamides is 1. The van der Waals surface area contributed by atoms with Crippen LogP contribution in [0.5, 0.6) is 5.75 Å². The van der Waals surface area contributed by atoms with Crippen LogP contribution in [-0.2, 0) is 21.2 Å². The van der Waals surface area contributed by atoms with Crippen molar-refractivity contribution >= 4 is 27.5 Å². The van der Waals surface area contributed by atoms with E-state index >= 15 is 0 Å². The summed E-state index contributed by atoms with van der Waals surface area (Å²) in [5, 5.41) is 9.33. The predicted molar refractivity (Wildman–Crippen MR) is 175 cm³/mol. The van der Waals surface area contributed by atoms with Gasteiger partial charge in [-0.05, 0) is 106 Å². The van der Waals surface area contributed by atoms with Crippen molar-refractivity contribution in [1.82, 2.24) is 4.90 Å². The molecule has 1 heterocycles. The Morgan fingerprint density at radius 2 is 1.73 bits per heavy atom. The molecule has 44 heavy (non-hydrogen) atoms. The maximum Gasteiger partial charge on any atom is 0.335 e. The Labute approximate surface area is 261 Å². The van der Waals surface area contributed by atoms with Gasteiger partial charge in [-0.15, -0.1) is 0 Å². The van der Waals surface area contributed by atoms with Crippen LogP contribution in [0, 0.1) is 5.92 Å². The number of rotatable bonds is 15. The number of carboxylic acids is 1. The number of carbonyl (C=O) groups is 2. The minimum atomic E-state index is -3.75. The number of anilines is 1. The van der Waals surface area contributed by atoms with Gasteiger partial charge in [0.1, 0.15) is 11.5 Å². The number of allylic oxidation sites excluding steroid dienone is 5. The molecule has 8 nitrogen and oxygen atoms in total. The molecule has 0 spiro atoms. The normalized spacial score (nSPS) is 16.6. The molecule has 1 N–H and O–H groups in total. The molecule has 1 atom stereocenters. The molecule has 1 saturated heterocycles. The molecule has 0 bridgehead atoms. The summed E-state index contributed by atoms with van der Waals surface area (Å²) in [5.74, 6) is 0.317. The van der Waals surface area contributed by atoms with Crippen molar-refractivity contribution in [2.45, 2.75) is 57.9 Å². The number of ether oxygens (including phenoxy) is 1. The second-order valence-electron chi connectivity index (χ2n) is 11.8. The Bertz CT molecular complexity index is 1450. The van der Waals surface area contributed by atoms with Gasteiger partial charge in [0.25, 0.3) is 0 Å². The van der Waals surface area contributed by atoms with Crippen molar-refractivity contribution in [2.24, 2.45) is 5.92 Å². The summed E-state index contributed by atoms with van der Waals surface area (Å²) < 4.78 is 34.2. The van der Waals surface area contributed by atoms with Crippen LogP contribution in [0.15, 0.2) is 84.5 Å². The van der Waals surface area contributed by atoms with Crippen LogP contribution >= 0.6 is 0 Å². The van der Waals surface area contributed by atoms with Crippen molar-refractivity contribution in [1.29, 1.82) is 0 Å². The zero-order chi connectivity index (χ0) is 31.5. The summed E-state index contributed by atoms with van der Waals surface area (Å²) >= 11 is 0. The first-order valence-electron chi connectivity index (χ1n) is 15.4. The summed E-state index contributed by atoms with van der Waals surface area (Å²) in [5.41, 5.74) is 2.56. The lowest BCUT2D eigenvalue weighted by Crippen LogP contribution is -2.48. The molecular formula is C35H44N2O6S. The molecule has 0 saturated carbocycles. The SMILES string of the molecule is COc1ccc(CCCC(=O)CC2CCN([C@H](C)CN(c3ccc(C(=O)O)cc3)S(=O)(=O)CC3=CC=CC=CC3)CC2)cc1. The molecule has 0 amide bonds. The van der Waals surface area contributed by atoms with E-state index in [1.165, 1.54) is 22.0 Å². The van der Waals surface area contributed by atoms with Crippen LogP contribution in [0.4, 0.5) is 5.69 Å². The zero-order valence-corrected chi connectivity index (χ0v) is 26.5. The number of piperidine rings is 1. The van der Waals surface area contributed by atoms with Crippen LogP contribution in [0.2, 0.25) is 0 Å². The summed E-state index contributed by atoms with van der Waals surface area (Å²) in [6, 6.07) is 13.9. The van der Waals surface area contributed by atoms with E-state index in [4.69, 9.17) is 4.74 Å². The number of hydrogen-bond donors (Lipinski definition) is 1. The Balaban J connectivity index is 1.32. The van der Waals surface area contributed by atoms with Crippen LogP contribution < -0.4 is 9.04 Å². The lowest BCUT2D eigenvalue weighted by molar-refractivity contribution is -0.120. The van der Waals surface area contributed by atoms with Gasteiger partial charge in [-0.1, -0.05) is 42.5 Å². The zero-order valence-electron chi connectivity index (χ0n) is 25.7. The molecule has 4 rings (SSSR count). The van der Waals surface area contributed by atoms with Gasteiger partial charge in [0, 0.05) is 25.4 Å². The first kappa shape index (κ1) is 33.2. The lowest BCUT2D eigenvalue weighted by Gasteiger charge is -2.38. The minimum Gasteiger partial charge on any atom is -0.497 e. The number of carbonyl (C=O) groups excluding carboxylic acids is 1. The van der Waals surface area contributed by atoms with Gasteiger partial charge in [0.15, 0.2) is 0 Å². The van der Waals surface area contributed by atoms with E-state index in [2.05, 4.69) is 4.90 Å². The van der Waals surface area contributed by atoms with Gasteiger partial charge in [-0.25, -0.2) is 13.2 Å². The number of aryl methyl sites for hydroxylation is 1. The predicted octanol–water partition coefficient (Wildman–Crippen LogP) is 6.05. The molecule has 2 aromatic carbocycles. The van der Waals surface area contributed by atoms with Gasteiger partial charge in [0.05, 0.1) is 24.1 Å². The van der Waals surface area contributed by atoms with Crippen LogP contribution in [0.3, 0.4) is 0 Å². The molecule has 1 aliphatic heterocycles. The topological polar surface area (TPSA) is 104 Å². The van der Waals surface area contributed by atoms with E-state index < -0.39 is 16.0 Å². The minimum absolute atomic E-state index is 0.0621.